The molecule has 0 bridgehead atoms. The maximum atomic E-state index is 12.1. The third kappa shape index (κ3) is 2.79. The second-order valence-corrected chi connectivity index (χ2v) is 5.92. The van der Waals surface area contributed by atoms with Crippen molar-refractivity contribution < 1.29 is 14.6 Å². The molecule has 1 N–H and O–H groups in total. The molecule has 0 fully saturated rings. The molecule has 0 heterocycles. The van der Waals surface area contributed by atoms with Crippen LogP contribution in [-0.4, -0.2) is 18.2 Å². The normalized spacial score (nSPS) is 15.7. The molecule has 0 radical (unpaired) electrons. The van der Waals surface area contributed by atoms with E-state index in [9.17, 15) is 9.90 Å². The van der Waals surface area contributed by atoms with Crippen LogP contribution >= 0.6 is 0 Å². The minimum atomic E-state index is -1.29. The van der Waals surface area contributed by atoms with Gasteiger partial charge in [-0.1, -0.05) is 56.3 Å². The highest BCUT2D eigenvalue weighted by atomic mass is 16.5. The molecule has 3 heteroatoms. The predicted octanol–water partition coefficient (Wildman–Crippen LogP) is 3.49. The fourth-order valence-corrected chi connectivity index (χ4v) is 3.11. The van der Waals surface area contributed by atoms with Crippen molar-refractivity contribution in [3.63, 3.8) is 0 Å². The summed E-state index contributed by atoms with van der Waals surface area (Å²) < 4.78 is 4.89. The Morgan fingerprint density at radius 1 is 1.14 bits per heavy atom. The number of carbonyl (C=O) groups is 1. The largest absolute Gasteiger partial charge is 0.469 e. The lowest BCUT2D eigenvalue weighted by Gasteiger charge is -2.34. The molecule has 0 aromatic heterocycles. The summed E-state index contributed by atoms with van der Waals surface area (Å²) in [6.07, 6.45) is 0. The third-order valence-corrected chi connectivity index (χ3v) is 4.06. The molecule has 2 aromatic rings. The second kappa shape index (κ2) is 5.86. The molecular weight excluding hydrogens is 264 g/mol. The monoisotopic (exact) mass is 286 g/mol. The van der Waals surface area contributed by atoms with Gasteiger partial charge < -0.3 is 9.84 Å². The van der Waals surface area contributed by atoms with Gasteiger partial charge in [0.1, 0.15) is 5.60 Å². The second-order valence-electron chi connectivity index (χ2n) is 5.92. The maximum absolute atomic E-state index is 12.1. The lowest BCUT2D eigenvalue weighted by atomic mass is 9.75. The Balaban J connectivity index is 2.62. The van der Waals surface area contributed by atoms with Gasteiger partial charge in [0.2, 0.25) is 0 Å². The minimum Gasteiger partial charge on any atom is -0.469 e. The van der Waals surface area contributed by atoms with Gasteiger partial charge in [0.15, 0.2) is 0 Å². The molecule has 0 aliphatic heterocycles. The molecular formula is C18H22O3. The van der Waals surface area contributed by atoms with E-state index in [2.05, 4.69) is 0 Å². The van der Waals surface area contributed by atoms with E-state index >= 15 is 0 Å². The van der Waals surface area contributed by atoms with E-state index in [1.54, 1.807) is 6.92 Å². The summed E-state index contributed by atoms with van der Waals surface area (Å²) in [4.78, 5) is 12.1. The maximum Gasteiger partial charge on any atom is 0.312 e. The molecule has 0 aliphatic rings. The Kier molecular flexibility index (Phi) is 4.33. The lowest BCUT2D eigenvalue weighted by molar-refractivity contribution is -0.158. The Hall–Kier alpha value is -1.87. The van der Waals surface area contributed by atoms with Crippen LogP contribution in [0.2, 0.25) is 0 Å². The van der Waals surface area contributed by atoms with Gasteiger partial charge in [-0.25, -0.2) is 0 Å². The van der Waals surface area contributed by atoms with Crippen LogP contribution in [0.1, 0.15) is 26.3 Å². The number of fused-ring (bicyclic) bond motifs is 1. The minimum absolute atomic E-state index is 0.0357. The Morgan fingerprint density at radius 2 is 1.76 bits per heavy atom. The zero-order valence-electron chi connectivity index (χ0n) is 13.0. The van der Waals surface area contributed by atoms with Crippen molar-refractivity contribution in [3.8, 4) is 0 Å². The highest BCUT2D eigenvalue weighted by molar-refractivity contribution is 5.87. The van der Waals surface area contributed by atoms with E-state index in [1.807, 2.05) is 56.3 Å². The van der Waals surface area contributed by atoms with E-state index in [1.165, 1.54) is 7.11 Å². The first-order valence-corrected chi connectivity index (χ1v) is 7.18. The zero-order valence-corrected chi connectivity index (χ0v) is 13.0. The number of aliphatic hydroxyl groups is 1. The van der Waals surface area contributed by atoms with Gasteiger partial charge in [0.05, 0.1) is 13.0 Å². The molecule has 2 aromatic carbocycles. The van der Waals surface area contributed by atoms with Gasteiger partial charge in [0.25, 0.3) is 0 Å². The SMILES string of the molecule is COC(=O)C(C(C)C)C(C)(O)c1cccc2ccccc12. The summed E-state index contributed by atoms with van der Waals surface area (Å²) in [6.45, 7) is 5.53. The molecule has 0 saturated heterocycles. The van der Waals surface area contributed by atoms with Crippen molar-refractivity contribution in [1.29, 1.82) is 0 Å². The van der Waals surface area contributed by atoms with Gasteiger partial charge in [-0.15, -0.1) is 0 Å². The Bertz CT molecular complexity index is 638. The van der Waals surface area contributed by atoms with Gasteiger partial charge in [0, 0.05) is 0 Å². The van der Waals surface area contributed by atoms with Crippen LogP contribution in [0.4, 0.5) is 0 Å². The number of esters is 1. The summed E-state index contributed by atoms with van der Waals surface area (Å²) in [7, 11) is 1.36. The topological polar surface area (TPSA) is 46.5 Å². The van der Waals surface area contributed by atoms with E-state index < -0.39 is 11.5 Å². The molecule has 2 unspecified atom stereocenters. The Labute approximate surface area is 125 Å². The van der Waals surface area contributed by atoms with Gasteiger partial charge in [-0.05, 0) is 29.2 Å². The first kappa shape index (κ1) is 15.5. The van der Waals surface area contributed by atoms with Gasteiger partial charge in [-0.2, -0.15) is 0 Å². The summed E-state index contributed by atoms with van der Waals surface area (Å²) in [5.41, 5.74) is -0.535. The van der Waals surface area contributed by atoms with Crippen molar-refractivity contribution >= 4 is 16.7 Å². The van der Waals surface area contributed by atoms with E-state index in [4.69, 9.17) is 4.74 Å². The molecule has 3 nitrogen and oxygen atoms in total. The first-order chi connectivity index (χ1) is 9.89. The number of ether oxygens (including phenoxy) is 1. The fraction of sp³-hybridized carbons (Fsp3) is 0.389. The lowest BCUT2D eigenvalue weighted by Crippen LogP contribution is -2.41. The highest BCUT2D eigenvalue weighted by Gasteiger charge is 2.42. The number of methoxy groups -OCH3 is 1. The van der Waals surface area contributed by atoms with Crippen LogP contribution in [0.5, 0.6) is 0 Å². The number of hydrogen-bond donors (Lipinski definition) is 1. The highest BCUT2D eigenvalue weighted by Crippen LogP contribution is 2.38. The predicted molar refractivity (Wildman–Crippen MR) is 83.9 cm³/mol. The molecule has 0 spiro atoms. The summed E-state index contributed by atoms with van der Waals surface area (Å²) in [5, 5.41) is 13.1. The summed E-state index contributed by atoms with van der Waals surface area (Å²) in [5.74, 6) is -1.04. The number of benzene rings is 2. The molecule has 21 heavy (non-hydrogen) atoms. The fourth-order valence-electron chi connectivity index (χ4n) is 3.11. The van der Waals surface area contributed by atoms with Gasteiger partial charge >= 0.3 is 5.97 Å². The molecule has 2 rings (SSSR count). The van der Waals surface area contributed by atoms with Crippen molar-refractivity contribution in [3.05, 3.63) is 48.0 Å². The first-order valence-electron chi connectivity index (χ1n) is 7.18. The molecule has 0 aliphatic carbocycles. The average Bonchev–Trinajstić information content (AvgIpc) is 2.45. The van der Waals surface area contributed by atoms with Gasteiger partial charge in [-0.3, -0.25) is 4.79 Å². The number of hydrogen-bond acceptors (Lipinski definition) is 3. The smallest absolute Gasteiger partial charge is 0.312 e. The van der Waals surface area contributed by atoms with Crippen LogP contribution in [0, 0.1) is 11.8 Å². The van der Waals surface area contributed by atoms with Crippen molar-refractivity contribution in [2.75, 3.05) is 7.11 Å². The summed E-state index contributed by atoms with van der Waals surface area (Å²) in [6, 6.07) is 13.6. The Morgan fingerprint density at radius 3 is 2.38 bits per heavy atom. The van der Waals surface area contributed by atoms with Crippen LogP contribution < -0.4 is 0 Å². The molecule has 112 valence electrons. The quantitative estimate of drug-likeness (QED) is 0.875. The van der Waals surface area contributed by atoms with Crippen LogP contribution in [-0.2, 0) is 15.1 Å². The number of rotatable bonds is 4. The van der Waals surface area contributed by atoms with E-state index in [-0.39, 0.29) is 11.9 Å². The average molecular weight is 286 g/mol. The molecule has 0 amide bonds. The van der Waals surface area contributed by atoms with Crippen molar-refractivity contribution in [2.45, 2.75) is 26.4 Å². The van der Waals surface area contributed by atoms with Crippen molar-refractivity contribution in [1.82, 2.24) is 0 Å². The van der Waals surface area contributed by atoms with E-state index in [0.717, 1.165) is 16.3 Å². The molecule has 0 saturated carbocycles. The summed E-state index contributed by atoms with van der Waals surface area (Å²) >= 11 is 0. The third-order valence-electron chi connectivity index (χ3n) is 4.06. The molecule has 2 atom stereocenters. The number of carbonyl (C=O) groups excluding carboxylic acids is 1. The van der Waals surface area contributed by atoms with E-state index in [0.29, 0.717) is 0 Å². The van der Waals surface area contributed by atoms with Crippen LogP contribution in [0.3, 0.4) is 0 Å². The standard InChI is InChI=1S/C18H22O3/c1-12(2)16(17(19)21-4)18(3,20)15-11-7-9-13-8-5-6-10-14(13)15/h5-12,16,20H,1-4H3. The zero-order chi connectivity index (χ0) is 15.6. The van der Waals surface area contributed by atoms with Crippen LogP contribution in [0.25, 0.3) is 10.8 Å². The van der Waals surface area contributed by atoms with Crippen molar-refractivity contribution in [2.24, 2.45) is 11.8 Å². The van der Waals surface area contributed by atoms with Crippen LogP contribution in [0.15, 0.2) is 42.5 Å².